The molecule has 1 aromatic rings. The highest BCUT2D eigenvalue weighted by Crippen LogP contribution is 2.15. The Morgan fingerprint density at radius 3 is 2.47 bits per heavy atom. The summed E-state index contributed by atoms with van der Waals surface area (Å²) in [4.78, 5) is 11.8. The second kappa shape index (κ2) is 7.38. The van der Waals surface area contributed by atoms with Crippen LogP contribution >= 0.6 is 11.8 Å². The highest BCUT2D eigenvalue weighted by molar-refractivity contribution is 7.99. The first-order chi connectivity index (χ1) is 8.13. The average Bonchev–Trinajstić information content (AvgIpc) is 2.29. The van der Waals surface area contributed by atoms with Gasteiger partial charge >= 0.3 is 0 Å². The van der Waals surface area contributed by atoms with Crippen molar-refractivity contribution in [2.45, 2.75) is 33.3 Å². The minimum absolute atomic E-state index is 0.164. The van der Waals surface area contributed by atoms with E-state index in [-0.39, 0.29) is 11.9 Å². The molecule has 0 spiro atoms. The molecule has 0 heterocycles. The third kappa shape index (κ3) is 5.26. The Kier molecular flexibility index (Phi) is 6.12. The lowest BCUT2D eigenvalue weighted by Crippen LogP contribution is -2.06. The molecule has 0 amide bonds. The molecule has 1 aromatic carbocycles. The molecule has 0 fully saturated rings. The van der Waals surface area contributed by atoms with Gasteiger partial charge in [-0.2, -0.15) is 11.8 Å². The van der Waals surface area contributed by atoms with Crippen molar-refractivity contribution in [1.82, 2.24) is 0 Å². The van der Waals surface area contributed by atoms with Crippen molar-refractivity contribution in [3.63, 3.8) is 0 Å². The van der Waals surface area contributed by atoms with Gasteiger partial charge in [0.15, 0.2) is 5.78 Å². The molecule has 3 heteroatoms. The van der Waals surface area contributed by atoms with Crippen molar-refractivity contribution in [2.24, 2.45) is 0 Å². The van der Waals surface area contributed by atoms with Crippen molar-refractivity contribution in [2.75, 3.05) is 11.5 Å². The molecule has 0 aliphatic heterocycles. The van der Waals surface area contributed by atoms with E-state index in [1.54, 1.807) is 11.8 Å². The van der Waals surface area contributed by atoms with Crippen LogP contribution in [0.2, 0.25) is 0 Å². The van der Waals surface area contributed by atoms with Crippen LogP contribution in [0.15, 0.2) is 24.3 Å². The molecule has 0 aliphatic rings. The molecule has 0 radical (unpaired) electrons. The Morgan fingerprint density at radius 2 is 1.94 bits per heavy atom. The molecule has 0 unspecified atom stereocenters. The first kappa shape index (κ1) is 14.1. The minimum Gasteiger partial charge on any atom is -0.491 e. The van der Waals surface area contributed by atoms with E-state index in [4.69, 9.17) is 4.74 Å². The first-order valence-corrected chi connectivity index (χ1v) is 7.16. The monoisotopic (exact) mass is 252 g/mol. The number of ether oxygens (including phenoxy) is 1. The van der Waals surface area contributed by atoms with E-state index in [9.17, 15) is 4.79 Å². The van der Waals surface area contributed by atoms with E-state index in [0.717, 1.165) is 23.5 Å². The van der Waals surface area contributed by atoms with Gasteiger partial charge in [-0.25, -0.2) is 0 Å². The van der Waals surface area contributed by atoms with Gasteiger partial charge in [-0.15, -0.1) is 0 Å². The Balaban J connectivity index is 2.52. The highest BCUT2D eigenvalue weighted by Gasteiger charge is 2.06. The van der Waals surface area contributed by atoms with Crippen molar-refractivity contribution < 1.29 is 9.53 Å². The summed E-state index contributed by atoms with van der Waals surface area (Å²) >= 11 is 1.69. The lowest BCUT2D eigenvalue weighted by molar-refractivity contribution is 0.102. The maximum absolute atomic E-state index is 11.8. The molecule has 0 aliphatic carbocycles. The average molecular weight is 252 g/mol. The summed E-state index contributed by atoms with van der Waals surface area (Å²) in [5, 5.41) is 0. The van der Waals surface area contributed by atoms with Gasteiger partial charge in [0.05, 0.1) is 11.9 Å². The molecule has 94 valence electrons. The third-order valence-corrected chi connectivity index (χ3v) is 3.29. The maximum Gasteiger partial charge on any atom is 0.172 e. The van der Waals surface area contributed by atoms with Crippen LogP contribution in [0.5, 0.6) is 5.75 Å². The van der Waals surface area contributed by atoms with Crippen LogP contribution in [0.3, 0.4) is 0 Å². The van der Waals surface area contributed by atoms with Crippen molar-refractivity contribution in [3.8, 4) is 5.75 Å². The summed E-state index contributed by atoms with van der Waals surface area (Å²) in [7, 11) is 0. The smallest absolute Gasteiger partial charge is 0.172 e. The molecule has 0 saturated carbocycles. The van der Waals surface area contributed by atoms with Crippen LogP contribution in [0, 0.1) is 0 Å². The lowest BCUT2D eigenvalue weighted by atomic mass is 10.1. The van der Waals surface area contributed by atoms with E-state index in [1.807, 2.05) is 38.1 Å². The Hall–Kier alpha value is -0.960. The number of Topliss-reactive ketones (excluding diaryl/α,β-unsaturated/α-hetero) is 1. The lowest BCUT2D eigenvalue weighted by Gasteiger charge is -2.09. The number of thioether (sulfide) groups is 1. The second-order valence-electron chi connectivity index (χ2n) is 4.17. The predicted molar refractivity (Wildman–Crippen MR) is 74.2 cm³/mol. The SMILES string of the molecule is CCCSCC(=O)c1ccc(OC(C)C)cc1. The van der Waals surface area contributed by atoms with E-state index in [2.05, 4.69) is 6.92 Å². The third-order valence-electron chi connectivity index (χ3n) is 2.13. The molecule has 17 heavy (non-hydrogen) atoms. The number of carbonyl (C=O) groups excluding carboxylic acids is 1. The fourth-order valence-electron chi connectivity index (χ4n) is 1.38. The summed E-state index contributed by atoms with van der Waals surface area (Å²) in [5.41, 5.74) is 0.768. The number of rotatable bonds is 7. The molecule has 0 N–H and O–H groups in total. The van der Waals surface area contributed by atoms with Gasteiger partial charge < -0.3 is 4.74 Å². The molecule has 1 rings (SSSR count). The van der Waals surface area contributed by atoms with Gasteiger partial charge in [-0.3, -0.25) is 4.79 Å². The van der Waals surface area contributed by atoms with Crippen molar-refractivity contribution in [3.05, 3.63) is 29.8 Å². The van der Waals surface area contributed by atoms with Crippen LogP contribution in [-0.4, -0.2) is 23.4 Å². The molecular formula is C14H20O2S. The molecule has 0 atom stereocenters. The Morgan fingerprint density at radius 1 is 1.29 bits per heavy atom. The van der Waals surface area contributed by atoms with Crippen LogP contribution in [-0.2, 0) is 0 Å². The summed E-state index contributed by atoms with van der Waals surface area (Å²) in [6.45, 7) is 6.09. The van der Waals surface area contributed by atoms with Crippen LogP contribution in [0.4, 0.5) is 0 Å². The number of hydrogen-bond acceptors (Lipinski definition) is 3. The molecule has 2 nitrogen and oxygen atoms in total. The molecule has 0 saturated heterocycles. The van der Waals surface area contributed by atoms with E-state index >= 15 is 0 Å². The first-order valence-electron chi connectivity index (χ1n) is 6.01. The van der Waals surface area contributed by atoms with E-state index < -0.39 is 0 Å². The topological polar surface area (TPSA) is 26.3 Å². The minimum atomic E-state index is 0.164. The largest absolute Gasteiger partial charge is 0.491 e. The number of ketones is 1. The van der Waals surface area contributed by atoms with Gasteiger partial charge in [-0.1, -0.05) is 6.92 Å². The Labute approximate surface area is 108 Å². The Bertz CT molecular complexity index is 344. The van der Waals surface area contributed by atoms with Gasteiger partial charge in [0, 0.05) is 5.56 Å². The molecular weight excluding hydrogens is 232 g/mol. The zero-order chi connectivity index (χ0) is 12.7. The highest BCUT2D eigenvalue weighted by atomic mass is 32.2. The van der Waals surface area contributed by atoms with Crippen LogP contribution < -0.4 is 4.74 Å². The summed E-state index contributed by atoms with van der Waals surface area (Å²) < 4.78 is 5.53. The predicted octanol–water partition coefficient (Wildman–Crippen LogP) is 3.80. The van der Waals surface area contributed by atoms with Gasteiger partial charge in [0.25, 0.3) is 0 Å². The van der Waals surface area contributed by atoms with Gasteiger partial charge in [0.2, 0.25) is 0 Å². The molecule has 0 aromatic heterocycles. The van der Waals surface area contributed by atoms with Crippen molar-refractivity contribution in [1.29, 1.82) is 0 Å². The summed E-state index contributed by atoms with van der Waals surface area (Å²) in [5.74, 6) is 2.62. The van der Waals surface area contributed by atoms with Gasteiger partial charge in [0.1, 0.15) is 5.75 Å². The zero-order valence-corrected chi connectivity index (χ0v) is 11.5. The number of hydrogen-bond donors (Lipinski definition) is 0. The number of benzene rings is 1. The van der Waals surface area contributed by atoms with Crippen LogP contribution in [0.1, 0.15) is 37.6 Å². The van der Waals surface area contributed by atoms with Gasteiger partial charge in [-0.05, 0) is 50.3 Å². The quantitative estimate of drug-likeness (QED) is 0.545. The standard InChI is InChI=1S/C14H20O2S/c1-4-9-17-10-14(15)12-5-7-13(8-6-12)16-11(2)3/h5-8,11H,4,9-10H2,1-3H3. The normalized spacial score (nSPS) is 10.6. The fourth-order valence-corrected chi connectivity index (χ4v) is 2.17. The second-order valence-corrected chi connectivity index (χ2v) is 5.27. The van der Waals surface area contributed by atoms with E-state index in [0.29, 0.717) is 5.75 Å². The fraction of sp³-hybridized carbons (Fsp3) is 0.500. The molecule has 0 bridgehead atoms. The summed E-state index contributed by atoms with van der Waals surface area (Å²) in [6, 6.07) is 7.40. The zero-order valence-electron chi connectivity index (χ0n) is 10.7. The summed E-state index contributed by atoms with van der Waals surface area (Å²) in [6.07, 6.45) is 1.27. The van der Waals surface area contributed by atoms with Crippen LogP contribution in [0.25, 0.3) is 0 Å². The van der Waals surface area contributed by atoms with E-state index in [1.165, 1.54) is 0 Å². The van der Waals surface area contributed by atoms with Crippen molar-refractivity contribution >= 4 is 17.5 Å². The maximum atomic E-state index is 11.8. The number of carbonyl (C=O) groups is 1.